The van der Waals surface area contributed by atoms with Crippen LogP contribution < -0.4 is 4.74 Å². The number of ether oxygens (including phenoxy) is 2. The van der Waals surface area contributed by atoms with Crippen molar-refractivity contribution in [3.63, 3.8) is 0 Å². The summed E-state index contributed by atoms with van der Waals surface area (Å²) in [4.78, 5) is 8.70. The van der Waals surface area contributed by atoms with Crippen molar-refractivity contribution >= 4 is 11.6 Å². The van der Waals surface area contributed by atoms with E-state index in [4.69, 9.17) is 21.1 Å². The zero-order valence-corrected chi connectivity index (χ0v) is 11.0. The van der Waals surface area contributed by atoms with Gasteiger partial charge in [-0.2, -0.15) is 4.98 Å². The number of nitrogens with zero attached hydrogens (tertiary/aromatic N) is 2. The monoisotopic (exact) mass is 256 g/mol. The van der Waals surface area contributed by atoms with Gasteiger partial charge in [-0.25, -0.2) is 4.98 Å². The molecule has 0 saturated heterocycles. The van der Waals surface area contributed by atoms with Crippen LogP contribution in [0.1, 0.15) is 37.1 Å². The lowest BCUT2D eigenvalue weighted by molar-refractivity contribution is 0.108. The van der Waals surface area contributed by atoms with Crippen LogP contribution in [0.5, 0.6) is 5.88 Å². The number of halogens is 1. The predicted molar refractivity (Wildman–Crippen MR) is 65.7 cm³/mol. The Kier molecular flexibility index (Phi) is 4.18. The van der Waals surface area contributed by atoms with E-state index in [1.54, 1.807) is 0 Å². The van der Waals surface area contributed by atoms with E-state index < -0.39 is 0 Å². The maximum absolute atomic E-state index is 6.07. The van der Waals surface area contributed by atoms with Crippen molar-refractivity contribution < 1.29 is 9.47 Å². The molecule has 17 heavy (non-hydrogen) atoms. The van der Waals surface area contributed by atoms with Crippen LogP contribution >= 0.6 is 11.6 Å². The van der Waals surface area contributed by atoms with Crippen molar-refractivity contribution in [2.45, 2.75) is 32.6 Å². The molecular formula is C12H17ClN2O2. The van der Waals surface area contributed by atoms with Gasteiger partial charge in [0.05, 0.1) is 6.61 Å². The largest absolute Gasteiger partial charge is 0.475 e. The Hall–Kier alpha value is -0.870. The summed E-state index contributed by atoms with van der Waals surface area (Å²) in [6.07, 6.45) is 2.30. The molecule has 1 aromatic rings. The first-order valence-electron chi connectivity index (χ1n) is 5.97. The van der Waals surface area contributed by atoms with Crippen LogP contribution in [0, 0.1) is 6.92 Å². The number of hydrogen-bond acceptors (Lipinski definition) is 4. The van der Waals surface area contributed by atoms with Crippen LogP contribution in [0.3, 0.4) is 0 Å². The Morgan fingerprint density at radius 2 is 2.06 bits per heavy atom. The zero-order valence-electron chi connectivity index (χ0n) is 10.2. The highest BCUT2D eigenvalue weighted by atomic mass is 35.5. The summed E-state index contributed by atoms with van der Waals surface area (Å²) < 4.78 is 10.8. The van der Waals surface area contributed by atoms with Gasteiger partial charge >= 0.3 is 0 Å². The van der Waals surface area contributed by atoms with E-state index in [1.807, 2.05) is 13.8 Å². The van der Waals surface area contributed by atoms with Crippen molar-refractivity contribution in [3.05, 3.63) is 16.5 Å². The minimum Gasteiger partial charge on any atom is -0.475 e. The van der Waals surface area contributed by atoms with Gasteiger partial charge in [0.25, 0.3) is 0 Å². The fraction of sp³-hybridized carbons (Fsp3) is 0.667. The van der Waals surface area contributed by atoms with Gasteiger partial charge in [-0.1, -0.05) is 11.6 Å². The van der Waals surface area contributed by atoms with Crippen molar-refractivity contribution in [2.75, 3.05) is 19.8 Å². The van der Waals surface area contributed by atoms with Crippen molar-refractivity contribution in [1.82, 2.24) is 9.97 Å². The third-order valence-electron chi connectivity index (χ3n) is 2.67. The molecule has 1 heterocycles. The summed E-state index contributed by atoms with van der Waals surface area (Å²) in [5, 5.41) is 0.494. The molecule has 0 radical (unpaired) electrons. The maximum atomic E-state index is 6.07. The SMILES string of the molecule is CCOCCOc1nc(C2CC2)nc(Cl)c1C. The lowest BCUT2D eigenvalue weighted by Gasteiger charge is -2.10. The van der Waals surface area contributed by atoms with Gasteiger partial charge in [-0.3, -0.25) is 0 Å². The van der Waals surface area contributed by atoms with E-state index in [1.165, 1.54) is 0 Å². The predicted octanol–water partition coefficient (Wildman–Crippen LogP) is 2.73. The molecule has 94 valence electrons. The highest BCUT2D eigenvalue weighted by molar-refractivity contribution is 6.30. The second-order valence-corrected chi connectivity index (χ2v) is 4.48. The standard InChI is InChI=1S/C12H17ClN2O2/c1-3-16-6-7-17-12-8(2)10(13)14-11(15-12)9-4-5-9/h9H,3-7H2,1-2H3. The normalized spacial score (nSPS) is 15.0. The number of hydrogen-bond donors (Lipinski definition) is 0. The highest BCUT2D eigenvalue weighted by Crippen LogP contribution is 2.39. The second-order valence-electron chi connectivity index (χ2n) is 4.12. The molecule has 2 rings (SSSR count). The molecule has 1 fully saturated rings. The lowest BCUT2D eigenvalue weighted by Crippen LogP contribution is -2.09. The summed E-state index contributed by atoms with van der Waals surface area (Å²) in [6.45, 7) is 5.58. The third kappa shape index (κ3) is 3.30. The Balaban J connectivity index is 2.03. The molecule has 1 aliphatic rings. The molecule has 0 bridgehead atoms. The highest BCUT2D eigenvalue weighted by Gasteiger charge is 2.28. The molecule has 0 aromatic carbocycles. The fourth-order valence-electron chi connectivity index (χ4n) is 1.49. The first-order valence-corrected chi connectivity index (χ1v) is 6.34. The van der Waals surface area contributed by atoms with Gasteiger partial charge in [-0.05, 0) is 26.7 Å². The molecule has 1 aromatic heterocycles. The summed E-state index contributed by atoms with van der Waals surface area (Å²) in [7, 11) is 0. The van der Waals surface area contributed by atoms with Crippen LogP contribution in [0.15, 0.2) is 0 Å². The number of aromatic nitrogens is 2. The zero-order chi connectivity index (χ0) is 12.3. The molecule has 0 spiro atoms. The second kappa shape index (κ2) is 5.65. The Bertz CT molecular complexity index is 394. The van der Waals surface area contributed by atoms with E-state index in [2.05, 4.69) is 9.97 Å². The van der Waals surface area contributed by atoms with Crippen molar-refractivity contribution in [1.29, 1.82) is 0 Å². The molecule has 0 N–H and O–H groups in total. The Morgan fingerprint density at radius 3 is 2.71 bits per heavy atom. The molecule has 0 unspecified atom stereocenters. The van der Waals surface area contributed by atoms with E-state index >= 15 is 0 Å². The molecule has 0 aliphatic heterocycles. The molecule has 1 aliphatic carbocycles. The first kappa shape index (κ1) is 12.6. The van der Waals surface area contributed by atoms with Crippen molar-refractivity contribution in [3.8, 4) is 5.88 Å². The van der Waals surface area contributed by atoms with Gasteiger partial charge in [-0.15, -0.1) is 0 Å². The Labute approximate surface area is 106 Å². The van der Waals surface area contributed by atoms with Gasteiger partial charge in [0, 0.05) is 18.1 Å². The average molecular weight is 257 g/mol. The first-order chi connectivity index (χ1) is 8.22. The summed E-state index contributed by atoms with van der Waals surface area (Å²) in [6, 6.07) is 0. The maximum Gasteiger partial charge on any atom is 0.221 e. The smallest absolute Gasteiger partial charge is 0.221 e. The molecule has 4 nitrogen and oxygen atoms in total. The molecular weight excluding hydrogens is 240 g/mol. The van der Waals surface area contributed by atoms with Crippen molar-refractivity contribution in [2.24, 2.45) is 0 Å². The van der Waals surface area contributed by atoms with E-state index in [9.17, 15) is 0 Å². The summed E-state index contributed by atoms with van der Waals surface area (Å²) in [5.74, 6) is 1.88. The molecule has 0 amide bonds. The van der Waals surface area contributed by atoms with E-state index in [-0.39, 0.29) is 0 Å². The minimum atomic E-state index is 0.474. The van der Waals surface area contributed by atoms with E-state index in [0.29, 0.717) is 36.8 Å². The number of rotatable bonds is 6. The fourth-order valence-corrected chi connectivity index (χ4v) is 1.66. The van der Waals surface area contributed by atoms with Crippen LogP contribution in [0.2, 0.25) is 5.15 Å². The molecule has 0 atom stereocenters. The quantitative estimate of drug-likeness (QED) is 0.580. The molecule has 1 saturated carbocycles. The van der Waals surface area contributed by atoms with Gasteiger partial charge in [0.2, 0.25) is 5.88 Å². The van der Waals surface area contributed by atoms with E-state index in [0.717, 1.165) is 24.2 Å². The Morgan fingerprint density at radius 1 is 1.29 bits per heavy atom. The summed E-state index contributed by atoms with van der Waals surface area (Å²) in [5.41, 5.74) is 0.799. The van der Waals surface area contributed by atoms with Crippen LogP contribution in [0.4, 0.5) is 0 Å². The van der Waals surface area contributed by atoms with Gasteiger partial charge in [0.15, 0.2) is 0 Å². The van der Waals surface area contributed by atoms with Crippen LogP contribution in [-0.2, 0) is 4.74 Å². The molecule has 5 heteroatoms. The van der Waals surface area contributed by atoms with Gasteiger partial charge in [0.1, 0.15) is 17.6 Å². The minimum absolute atomic E-state index is 0.474. The van der Waals surface area contributed by atoms with Crippen LogP contribution in [-0.4, -0.2) is 29.8 Å². The lowest BCUT2D eigenvalue weighted by atomic mass is 10.3. The van der Waals surface area contributed by atoms with Gasteiger partial charge < -0.3 is 9.47 Å². The topological polar surface area (TPSA) is 44.2 Å². The third-order valence-corrected chi connectivity index (χ3v) is 3.04. The van der Waals surface area contributed by atoms with Crippen LogP contribution in [0.25, 0.3) is 0 Å². The average Bonchev–Trinajstić information content (AvgIpc) is 3.13. The summed E-state index contributed by atoms with van der Waals surface area (Å²) >= 11 is 6.07.